The fraction of sp³-hybridized carbons (Fsp3) is 0.211. The summed E-state index contributed by atoms with van der Waals surface area (Å²) in [7, 11) is 3.42. The molecule has 0 aliphatic carbocycles. The van der Waals surface area contributed by atoms with E-state index < -0.39 is 0 Å². The van der Waals surface area contributed by atoms with Crippen LogP contribution >= 0.6 is 0 Å². The highest BCUT2D eigenvalue weighted by atomic mass is 16.5. The zero-order valence-electron chi connectivity index (χ0n) is 13.9. The number of hydrogen-bond donors (Lipinski definition) is 2. The molecule has 24 heavy (non-hydrogen) atoms. The maximum atomic E-state index is 5.80. The van der Waals surface area contributed by atoms with Gasteiger partial charge in [-0.2, -0.15) is 0 Å². The second-order valence-electron chi connectivity index (χ2n) is 5.34. The molecule has 0 aliphatic heterocycles. The number of methoxy groups -OCH3 is 1. The van der Waals surface area contributed by atoms with E-state index in [1.807, 2.05) is 54.6 Å². The third kappa shape index (κ3) is 3.68. The van der Waals surface area contributed by atoms with Gasteiger partial charge in [0, 0.05) is 24.5 Å². The summed E-state index contributed by atoms with van der Waals surface area (Å²) in [6.07, 6.45) is 0. The third-order valence-corrected chi connectivity index (χ3v) is 3.77. The van der Waals surface area contributed by atoms with Gasteiger partial charge in [-0.25, -0.2) is 0 Å². The molecule has 0 unspecified atom stereocenters. The maximum absolute atomic E-state index is 5.80. The number of para-hydroxylation sites is 2. The summed E-state index contributed by atoms with van der Waals surface area (Å²) < 4.78 is 11.2. The van der Waals surface area contributed by atoms with Crippen molar-refractivity contribution >= 4 is 16.9 Å². The quantitative estimate of drug-likeness (QED) is 0.559. The highest BCUT2D eigenvalue weighted by Crippen LogP contribution is 2.18. The lowest BCUT2D eigenvalue weighted by molar-refractivity contribution is 0.409. The van der Waals surface area contributed by atoms with Crippen LogP contribution in [0.2, 0.25) is 0 Å². The van der Waals surface area contributed by atoms with E-state index in [2.05, 4.69) is 15.6 Å². The first-order valence-electron chi connectivity index (χ1n) is 7.84. The van der Waals surface area contributed by atoms with Crippen LogP contribution in [0.25, 0.3) is 11.0 Å². The molecule has 0 radical (unpaired) electrons. The molecule has 0 spiro atoms. The number of nitrogens with one attached hydrogen (secondary N) is 2. The number of aliphatic imine (C=N–C) groups is 1. The van der Waals surface area contributed by atoms with Gasteiger partial charge in [0.2, 0.25) is 0 Å². The smallest absolute Gasteiger partial charge is 0.191 e. The molecular weight excluding hydrogens is 302 g/mol. The van der Waals surface area contributed by atoms with Crippen molar-refractivity contribution in [2.45, 2.75) is 13.1 Å². The van der Waals surface area contributed by atoms with Gasteiger partial charge >= 0.3 is 0 Å². The molecule has 3 rings (SSSR count). The molecule has 2 N–H and O–H groups in total. The summed E-state index contributed by atoms with van der Waals surface area (Å²) >= 11 is 0. The Morgan fingerprint density at radius 1 is 1.04 bits per heavy atom. The molecule has 0 bridgehead atoms. The molecule has 0 amide bonds. The first-order chi connectivity index (χ1) is 11.8. The molecule has 1 aromatic heterocycles. The fourth-order valence-electron chi connectivity index (χ4n) is 2.54. The molecule has 0 atom stereocenters. The Bertz CT molecular complexity index is 806. The van der Waals surface area contributed by atoms with E-state index in [-0.39, 0.29) is 0 Å². The summed E-state index contributed by atoms with van der Waals surface area (Å²) in [5.41, 5.74) is 1.97. The molecule has 1 heterocycles. The summed E-state index contributed by atoms with van der Waals surface area (Å²) in [4.78, 5) is 4.24. The molecule has 0 aliphatic rings. The van der Waals surface area contributed by atoms with Crippen LogP contribution in [-0.2, 0) is 13.1 Å². The highest BCUT2D eigenvalue weighted by Gasteiger charge is 2.06. The van der Waals surface area contributed by atoms with Crippen molar-refractivity contribution in [1.82, 2.24) is 10.6 Å². The minimum Gasteiger partial charge on any atom is -0.496 e. The molecule has 0 fully saturated rings. The van der Waals surface area contributed by atoms with Crippen LogP contribution in [0, 0.1) is 0 Å². The van der Waals surface area contributed by atoms with Gasteiger partial charge in [0.05, 0.1) is 13.7 Å². The zero-order valence-corrected chi connectivity index (χ0v) is 13.9. The van der Waals surface area contributed by atoms with E-state index >= 15 is 0 Å². The standard InChI is InChI=1S/C19H21N3O2/c1-20-19(21-12-15-8-4-5-9-17(15)23-2)22-13-16-11-14-7-3-6-10-18(14)24-16/h3-11H,12-13H2,1-2H3,(H2,20,21,22). The Balaban J connectivity index is 1.59. The van der Waals surface area contributed by atoms with E-state index in [0.29, 0.717) is 19.0 Å². The first-order valence-corrected chi connectivity index (χ1v) is 7.84. The summed E-state index contributed by atoms with van der Waals surface area (Å²) in [5.74, 6) is 2.44. The summed E-state index contributed by atoms with van der Waals surface area (Å²) in [5, 5.41) is 7.64. The molecule has 2 aromatic carbocycles. The molecule has 0 saturated heterocycles. The zero-order chi connectivity index (χ0) is 16.8. The molecule has 5 nitrogen and oxygen atoms in total. The van der Waals surface area contributed by atoms with Crippen molar-refractivity contribution in [2.75, 3.05) is 14.2 Å². The third-order valence-electron chi connectivity index (χ3n) is 3.77. The number of fused-ring (bicyclic) bond motifs is 1. The van der Waals surface area contributed by atoms with Crippen LogP contribution in [-0.4, -0.2) is 20.1 Å². The van der Waals surface area contributed by atoms with Gasteiger partial charge in [-0.3, -0.25) is 4.99 Å². The lowest BCUT2D eigenvalue weighted by Gasteiger charge is -2.13. The van der Waals surface area contributed by atoms with E-state index in [1.54, 1.807) is 14.2 Å². The predicted molar refractivity (Wildman–Crippen MR) is 96.2 cm³/mol. The van der Waals surface area contributed by atoms with E-state index in [9.17, 15) is 0 Å². The fourth-order valence-corrected chi connectivity index (χ4v) is 2.54. The number of rotatable bonds is 5. The van der Waals surface area contributed by atoms with Crippen LogP contribution in [0.4, 0.5) is 0 Å². The SMILES string of the molecule is CN=C(NCc1cc2ccccc2o1)NCc1ccccc1OC. The van der Waals surface area contributed by atoms with Crippen molar-refractivity contribution in [2.24, 2.45) is 4.99 Å². The van der Waals surface area contributed by atoms with Gasteiger partial charge in [0.15, 0.2) is 5.96 Å². The minimum atomic E-state index is 0.570. The van der Waals surface area contributed by atoms with Crippen molar-refractivity contribution in [3.8, 4) is 5.75 Å². The number of nitrogens with zero attached hydrogens (tertiary/aromatic N) is 1. The second-order valence-corrected chi connectivity index (χ2v) is 5.34. The van der Waals surface area contributed by atoms with Crippen LogP contribution in [0.3, 0.4) is 0 Å². The van der Waals surface area contributed by atoms with E-state index in [4.69, 9.17) is 9.15 Å². The van der Waals surface area contributed by atoms with Crippen LogP contribution in [0.1, 0.15) is 11.3 Å². The van der Waals surface area contributed by atoms with Gasteiger partial charge in [-0.15, -0.1) is 0 Å². The van der Waals surface area contributed by atoms with E-state index in [1.165, 1.54) is 0 Å². The monoisotopic (exact) mass is 323 g/mol. The largest absolute Gasteiger partial charge is 0.496 e. The van der Waals surface area contributed by atoms with Gasteiger partial charge < -0.3 is 19.8 Å². The number of furan rings is 1. The highest BCUT2D eigenvalue weighted by molar-refractivity contribution is 5.80. The number of hydrogen-bond acceptors (Lipinski definition) is 3. The van der Waals surface area contributed by atoms with Crippen molar-refractivity contribution in [3.63, 3.8) is 0 Å². The van der Waals surface area contributed by atoms with Gasteiger partial charge in [0.25, 0.3) is 0 Å². The maximum Gasteiger partial charge on any atom is 0.191 e. The number of ether oxygens (including phenoxy) is 1. The number of benzene rings is 2. The Hall–Kier alpha value is -2.95. The van der Waals surface area contributed by atoms with Crippen LogP contribution < -0.4 is 15.4 Å². The predicted octanol–water partition coefficient (Wildman–Crippen LogP) is 3.31. The lowest BCUT2D eigenvalue weighted by atomic mass is 10.2. The van der Waals surface area contributed by atoms with Crippen molar-refractivity contribution in [1.29, 1.82) is 0 Å². The average molecular weight is 323 g/mol. The molecule has 5 heteroatoms. The molecule has 124 valence electrons. The Morgan fingerprint density at radius 3 is 2.58 bits per heavy atom. The lowest BCUT2D eigenvalue weighted by Crippen LogP contribution is -2.36. The van der Waals surface area contributed by atoms with Gasteiger partial charge in [0.1, 0.15) is 17.1 Å². The Morgan fingerprint density at radius 2 is 1.79 bits per heavy atom. The van der Waals surface area contributed by atoms with Crippen LogP contribution in [0.5, 0.6) is 5.75 Å². The molecular formula is C19H21N3O2. The van der Waals surface area contributed by atoms with E-state index in [0.717, 1.165) is 28.0 Å². The number of guanidine groups is 1. The van der Waals surface area contributed by atoms with Crippen molar-refractivity contribution < 1.29 is 9.15 Å². The topological polar surface area (TPSA) is 58.8 Å². The van der Waals surface area contributed by atoms with Crippen LogP contribution in [0.15, 0.2) is 64.0 Å². The first kappa shape index (κ1) is 15.9. The Kier molecular flexibility index (Phi) is 5.01. The summed E-state index contributed by atoms with van der Waals surface area (Å²) in [6, 6.07) is 17.9. The minimum absolute atomic E-state index is 0.570. The average Bonchev–Trinajstić information content (AvgIpc) is 3.05. The van der Waals surface area contributed by atoms with Gasteiger partial charge in [-0.1, -0.05) is 36.4 Å². The molecule has 0 saturated carbocycles. The summed E-state index contributed by atoms with van der Waals surface area (Å²) in [6.45, 7) is 1.20. The Labute approximate surface area is 141 Å². The molecule has 3 aromatic rings. The second kappa shape index (κ2) is 7.55. The normalized spacial score (nSPS) is 11.5. The van der Waals surface area contributed by atoms with Crippen molar-refractivity contribution in [3.05, 3.63) is 65.9 Å². The van der Waals surface area contributed by atoms with Gasteiger partial charge in [-0.05, 0) is 18.2 Å².